The lowest BCUT2D eigenvalue weighted by Gasteiger charge is -2.21. The average molecular weight is 316 g/mol. The zero-order valence-corrected chi connectivity index (χ0v) is 11.6. The van der Waals surface area contributed by atoms with Gasteiger partial charge in [-0.05, 0) is 18.2 Å². The smallest absolute Gasteiger partial charge is 0.324 e. The number of hydrogen-bond acceptors (Lipinski definition) is 4. The van der Waals surface area contributed by atoms with Gasteiger partial charge in [0.05, 0.1) is 11.9 Å². The number of halogens is 1. The molecular weight excluding hydrogens is 306 g/mol. The predicted molar refractivity (Wildman–Crippen MR) is 72.2 cm³/mol. The van der Waals surface area contributed by atoms with Crippen molar-refractivity contribution >= 4 is 33.3 Å². The minimum Gasteiger partial charge on any atom is -0.480 e. The summed E-state index contributed by atoms with van der Waals surface area (Å²) in [6.07, 6.45) is 2.28. The molecule has 20 heavy (non-hydrogen) atoms. The van der Waals surface area contributed by atoms with E-state index in [9.17, 15) is 13.2 Å². The normalized spacial score (nSPS) is 11.2. The van der Waals surface area contributed by atoms with E-state index in [0.717, 1.165) is 10.5 Å². The van der Waals surface area contributed by atoms with Crippen LogP contribution in [-0.4, -0.2) is 36.2 Å². The number of anilines is 1. The Morgan fingerprint density at radius 1 is 1.45 bits per heavy atom. The van der Waals surface area contributed by atoms with Crippen LogP contribution in [0.25, 0.3) is 0 Å². The van der Waals surface area contributed by atoms with E-state index in [-0.39, 0.29) is 10.6 Å². The summed E-state index contributed by atoms with van der Waals surface area (Å²) < 4.78 is 25.6. The second-order valence-electron chi connectivity index (χ2n) is 3.82. The van der Waals surface area contributed by atoms with Crippen molar-refractivity contribution in [2.24, 2.45) is 0 Å². The molecule has 7 nitrogen and oxygen atoms in total. The van der Waals surface area contributed by atoms with E-state index >= 15 is 0 Å². The lowest BCUT2D eigenvalue weighted by Crippen LogP contribution is -2.35. The highest BCUT2D eigenvalue weighted by Gasteiger charge is 2.27. The molecule has 0 aliphatic carbocycles. The number of hydrogen-bond donors (Lipinski definition) is 2. The van der Waals surface area contributed by atoms with E-state index in [4.69, 9.17) is 16.7 Å². The van der Waals surface area contributed by atoms with E-state index < -0.39 is 22.5 Å². The number of carbonyl (C=O) groups is 1. The topological polar surface area (TPSA) is 103 Å². The van der Waals surface area contributed by atoms with Crippen LogP contribution in [0.5, 0.6) is 0 Å². The number of carboxylic acids is 1. The quantitative estimate of drug-likeness (QED) is 0.866. The van der Waals surface area contributed by atoms with Crippen molar-refractivity contribution in [1.82, 2.24) is 10.2 Å². The molecule has 9 heteroatoms. The van der Waals surface area contributed by atoms with Crippen LogP contribution in [0.4, 0.5) is 5.69 Å². The summed E-state index contributed by atoms with van der Waals surface area (Å²) in [5.74, 6) is -1.28. The van der Waals surface area contributed by atoms with Crippen LogP contribution < -0.4 is 4.31 Å². The van der Waals surface area contributed by atoms with Crippen LogP contribution in [0, 0.1) is 0 Å². The summed E-state index contributed by atoms with van der Waals surface area (Å²) in [5.41, 5.74) is 0.168. The number of aromatic nitrogens is 2. The summed E-state index contributed by atoms with van der Waals surface area (Å²) in [4.78, 5) is 10.8. The van der Waals surface area contributed by atoms with Crippen molar-refractivity contribution in [3.63, 3.8) is 0 Å². The Hall–Kier alpha value is -2.06. The van der Waals surface area contributed by atoms with Gasteiger partial charge in [0.1, 0.15) is 11.4 Å². The van der Waals surface area contributed by atoms with Gasteiger partial charge in [-0.15, -0.1) is 0 Å². The fraction of sp³-hybridized carbons (Fsp3) is 0.0909. The Morgan fingerprint density at radius 3 is 2.75 bits per heavy atom. The Morgan fingerprint density at radius 2 is 2.20 bits per heavy atom. The Kier molecular flexibility index (Phi) is 3.96. The SMILES string of the molecule is O=C(O)CN(c1cccc(Cl)c1)S(=O)(=O)c1cn[nH]c1. The number of nitrogens with zero attached hydrogens (tertiary/aromatic N) is 2. The molecule has 1 aromatic carbocycles. The largest absolute Gasteiger partial charge is 0.480 e. The highest BCUT2D eigenvalue weighted by molar-refractivity contribution is 7.92. The number of rotatable bonds is 5. The molecule has 1 heterocycles. The molecule has 0 atom stereocenters. The van der Waals surface area contributed by atoms with Gasteiger partial charge in [-0.1, -0.05) is 17.7 Å². The third kappa shape index (κ3) is 2.91. The molecule has 0 radical (unpaired) electrons. The number of nitrogens with one attached hydrogen (secondary N) is 1. The molecule has 0 aliphatic heterocycles. The van der Waals surface area contributed by atoms with Crippen molar-refractivity contribution in [2.75, 3.05) is 10.8 Å². The molecule has 0 aliphatic rings. The summed E-state index contributed by atoms with van der Waals surface area (Å²) in [6, 6.07) is 5.94. The molecule has 0 spiro atoms. The first-order chi connectivity index (χ1) is 9.41. The van der Waals surface area contributed by atoms with E-state index in [1.807, 2.05) is 0 Å². The molecule has 0 fully saturated rings. The lowest BCUT2D eigenvalue weighted by atomic mass is 10.3. The molecule has 2 rings (SSSR count). The first kappa shape index (κ1) is 14.4. The number of benzene rings is 1. The van der Waals surface area contributed by atoms with Gasteiger partial charge in [-0.3, -0.25) is 14.2 Å². The zero-order chi connectivity index (χ0) is 14.8. The van der Waals surface area contributed by atoms with E-state index in [2.05, 4.69) is 10.2 Å². The van der Waals surface area contributed by atoms with Gasteiger partial charge in [-0.2, -0.15) is 5.10 Å². The Balaban J connectivity index is 2.51. The second kappa shape index (κ2) is 5.51. The van der Waals surface area contributed by atoms with E-state index in [1.54, 1.807) is 6.07 Å². The van der Waals surface area contributed by atoms with Crippen LogP contribution in [0.2, 0.25) is 5.02 Å². The monoisotopic (exact) mass is 315 g/mol. The second-order valence-corrected chi connectivity index (χ2v) is 6.12. The molecule has 1 aromatic heterocycles. The van der Waals surface area contributed by atoms with Gasteiger partial charge in [-0.25, -0.2) is 8.42 Å². The van der Waals surface area contributed by atoms with E-state index in [0.29, 0.717) is 5.02 Å². The molecule has 0 bridgehead atoms. The first-order valence-electron chi connectivity index (χ1n) is 5.40. The van der Waals surface area contributed by atoms with Crippen LogP contribution in [-0.2, 0) is 14.8 Å². The number of aliphatic carboxylic acids is 1. The van der Waals surface area contributed by atoms with Crippen LogP contribution >= 0.6 is 11.6 Å². The number of H-pyrrole nitrogens is 1. The highest BCUT2D eigenvalue weighted by Crippen LogP contribution is 2.25. The average Bonchev–Trinajstić information content (AvgIpc) is 2.90. The minimum absolute atomic E-state index is 0.126. The molecule has 2 aromatic rings. The molecule has 0 saturated heterocycles. The van der Waals surface area contributed by atoms with Gasteiger partial charge in [0, 0.05) is 11.2 Å². The Labute approximate surface area is 119 Å². The third-order valence-electron chi connectivity index (χ3n) is 2.44. The Bertz CT molecular complexity index is 715. The number of sulfonamides is 1. The molecule has 2 N–H and O–H groups in total. The predicted octanol–water partition coefficient (Wildman–Crippen LogP) is 1.34. The maximum absolute atomic E-state index is 12.4. The summed E-state index contributed by atoms with van der Waals surface area (Å²) in [5, 5.41) is 15.2. The van der Waals surface area contributed by atoms with Gasteiger partial charge in [0.2, 0.25) is 0 Å². The van der Waals surface area contributed by atoms with Gasteiger partial charge < -0.3 is 5.11 Å². The maximum Gasteiger partial charge on any atom is 0.324 e. The minimum atomic E-state index is -4.02. The fourth-order valence-corrected chi connectivity index (χ4v) is 3.07. The maximum atomic E-state index is 12.4. The van der Waals surface area contributed by atoms with Crippen molar-refractivity contribution in [3.05, 3.63) is 41.7 Å². The molecule has 0 saturated carbocycles. The summed E-state index contributed by atoms with van der Waals surface area (Å²) in [6.45, 7) is -0.714. The standard InChI is InChI=1S/C11H10ClN3O4S/c12-8-2-1-3-9(4-8)15(7-11(16)17)20(18,19)10-5-13-14-6-10/h1-6H,7H2,(H,13,14)(H,16,17). The molecule has 0 amide bonds. The van der Waals surface area contributed by atoms with Crippen molar-refractivity contribution in [3.8, 4) is 0 Å². The van der Waals surface area contributed by atoms with Crippen LogP contribution in [0.3, 0.4) is 0 Å². The van der Waals surface area contributed by atoms with Crippen LogP contribution in [0.1, 0.15) is 0 Å². The molecule has 0 unspecified atom stereocenters. The van der Waals surface area contributed by atoms with Crippen molar-refractivity contribution < 1.29 is 18.3 Å². The first-order valence-corrected chi connectivity index (χ1v) is 7.22. The van der Waals surface area contributed by atoms with Crippen molar-refractivity contribution in [1.29, 1.82) is 0 Å². The van der Waals surface area contributed by atoms with Crippen molar-refractivity contribution in [2.45, 2.75) is 4.90 Å². The summed E-state index contributed by atoms with van der Waals surface area (Å²) in [7, 11) is -4.02. The van der Waals surface area contributed by atoms with E-state index in [1.165, 1.54) is 24.4 Å². The van der Waals surface area contributed by atoms with Gasteiger partial charge in [0.15, 0.2) is 0 Å². The highest BCUT2D eigenvalue weighted by atomic mass is 35.5. The summed E-state index contributed by atoms with van der Waals surface area (Å²) >= 11 is 5.81. The van der Waals surface area contributed by atoms with Crippen LogP contribution in [0.15, 0.2) is 41.6 Å². The fourth-order valence-electron chi connectivity index (χ4n) is 1.58. The molecular formula is C11H10ClN3O4S. The lowest BCUT2D eigenvalue weighted by molar-refractivity contribution is -0.135. The number of carboxylic acid groups (broad SMARTS) is 1. The zero-order valence-electron chi connectivity index (χ0n) is 10.0. The number of aromatic amines is 1. The van der Waals surface area contributed by atoms with Gasteiger partial charge in [0.25, 0.3) is 10.0 Å². The van der Waals surface area contributed by atoms with Gasteiger partial charge >= 0.3 is 5.97 Å². The molecule has 106 valence electrons. The third-order valence-corrected chi connectivity index (χ3v) is 4.41.